The highest BCUT2D eigenvalue weighted by atomic mass is 32.1. The number of aromatic nitrogens is 5. The smallest absolute Gasteiger partial charge is 0.164 e. The molecule has 0 fully saturated rings. The van der Waals surface area contributed by atoms with Gasteiger partial charge in [-0.1, -0.05) is 26.1 Å². The summed E-state index contributed by atoms with van der Waals surface area (Å²) in [6.45, 7) is 5.97. The Morgan fingerprint density at radius 3 is 2.47 bits per heavy atom. The van der Waals surface area contributed by atoms with E-state index in [4.69, 9.17) is 18.0 Å². The minimum absolute atomic E-state index is 0.330. The lowest BCUT2D eigenvalue weighted by molar-refractivity contribution is 0.671. The SMILES string of the molecule is CCc1nc(CC)n(-c2c(C(N)=S)c(C)nn2C)n1. The first-order chi connectivity index (χ1) is 8.99. The van der Waals surface area contributed by atoms with Crippen molar-refractivity contribution < 1.29 is 0 Å². The molecule has 0 spiro atoms. The second kappa shape index (κ2) is 5.08. The third-order valence-corrected chi connectivity index (χ3v) is 3.19. The van der Waals surface area contributed by atoms with Gasteiger partial charge >= 0.3 is 0 Å². The van der Waals surface area contributed by atoms with Gasteiger partial charge in [0.2, 0.25) is 0 Å². The van der Waals surface area contributed by atoms with Crippen LogP contribution >= 0.6 is 12.2 Å². The van der Waals surface area contributed by atoms with Crippen LogP contribution in [0.2, 0.25) is 0 Å². The van der Waals surface area contributed by atoms with E-state index in [0.717, 1.165) is 41.6 Å². The van der Waals surface area contributed by atoms with Crippen LogP contribution in [0.4, 0.5) is 0 Å². The van der Waals surface area contributed by atoms with Crippen LogP contribution in [0.25, 0.3) is 5.82 Å². The molecule has 2 aromatic heterocycles. The van der Waals surface area contributed by atoms with E-state index in [0.29, 0.717) is 4.99 Å². The predicted molar refractivity (Wildman–Crippen MR) is 77.5 cm³/mol. The first kappa shape index (κ1) is 13.7. The standard InChI is InChI=1S/C12H18N6S/c1-5-8-14-9(6-2)18(16-8)12-10(11(13)19)7(3)15-17(12)4/h5-6H2,1-4H3,(H2,13,19). The topological polar surface area (TPSA) is 74.6 Å². The van der Waals surface area contributed by atoms with E-state index < -0.39 is 0 Å². The van der Waals surface area contributed by atoms with Crippen molar-refractivity contribution in [3.8, 4) is 5.82 Å². The van der Waals surface area contributed by atoms with E-state index in [1.807, 2.05) is 27.8 Å². The van der Waals surface area contributed by atoms with Crippen LogP contribution in [0.5, 0.6) is 0 Å². The molecule has 7 heteroatoms. The maximum atomic E-state index is 5.81. The third kappa shape index (κ3) is 2.25. The Kier molecular flexibility index (Phi) is 3.66. The fourth-order valence-corrected chi connectivity index (χ4v) is 2.36. The summed E-state index contributed by atoms with van der Waals surface area (Å²) in [5.41, 5.74) is 7.38. The van der Waals surface area contributed by atoms with Gasteiger partial charge < -0.3 is 5.73 Å². The molecule has 19 heavy (non-hydrogen) atoms. The summed E-state index contributed by atoms with van der Waals surface area (Å²) in [4.78, 5) is 4.83. The van der Waals surface area contributed by atoms with Crippen LogP contribution in [-0.4, -0.2) is 29.5 Å². The van der Waals surface area contributed by atoms with Gasteiger partial charge in [0, 0.05) is 19.9 Å². The number of aryl methyl sites for hydroxylation is 4. The van der Waals surface area contributed by atoms with Crippen molar-refractivity contribution in [2.24, 2.45) is 12.8 Å². The summed E-state index contributed by atoms with van der Waals surface area (Å²) >= 11 is 5.13. The summed E-state index contributed by atoms with van der Waals surface area (Å²) < 4.78 is 3.55. The lowest BCUT2D eigenvalue weighted by Crippen LogP contribution is -2.16. The minimum Gasteiger partial charge on any atom is -0.389 e. The second-order valence-electron chi connectivity index (χ2n) is 4.34. The normalized spacial score (nSPS) is 10.9. The first-order valence-electron chi connectivity index (χ1n) is 6.28. The molecule has 6 nitrogen and oxygen atoms in total. The molecule has 2 aromatic rings. The first-order valence-corrected chi connectivity index (χ1v) is 6.68. The van der Waals surface area contributed by atoms with E-state index in [-0.39, 0.29) is 0 Å². The van der Waals surface area contributed by atoms with Gasteiger partial charge in [-0.2, -0.15) is 9.78 Å². The molecule has 0 aliphatic heterocycles. The van der Waals surface area contributed by atoms with Gasteiger partial charge in [0.15, 0.2) is 11.6 Å². The summed E-state index contributed by atoms with van der Waals surface area (Å²) in [5.74, 6) is 2.48. The van der Waals surface area contributed by atoms with Crippen molar-refractivity contribution in [2.75, 3.05) is 0 Å². The summed E-state index contributed by atoms with van der Waals surface area (Å²) in [7, 11) is 1.86. The van der Waals surface area contributed by atoms with Gasteiger partial charge in [-0.15, -0.1) is 5.10 Å². The fourth-order valence-electron chi connectivity index (χ4n) is 2.12. The average molecular weight is 278 g/mol. The monoisotopic (exact) mass is 278 g/mol. The highest BCUT2D eigenvalue weighted by Crippen LogP contribution is 2.19. The zero-order valence-electron chi connectivity index (χ0n) is 11.6. The fraction of sp³-hybridized carbons (Fsp3) is 0.500. The molecule has 0 unspecified atom stereocenters. The highest BCUT2D eigenvalue weighted by molar-refractivity contribution is 7.80. The quantitative estimate of drug-likeness (QED) is 0.847. The Labute approximate surface area is 117 Å². The van der Waals surface area contributed by atoms with Crippen molar-refractivity contribution >= 4 is 17.2 Å². The van der Waals surface area contributed by atoms with E-state index in [1.165, 1.54) is 0 Å². The van der Waals surface area contributed by atoms with Gasteiger partial charge in [-0.3, -0.25) is 0 Å². The van der Waals surface area contributed by atoms with Crippen LogP contribution in [-0.2, 0) is 19.9 Å². The average Bonchev–Trinajstić information content (AvgIpc) is 2.88. The van der Waals surface area contributed by atoms with E-state index in [1.54, 1.807) is 9.36 Å². The van der Waals surface area contributed by atoms with Gasteiger partial charge in [-0.25, -0.2) is 9.67 Å². The van der Waals surface area contributed by atoms with Gasteiger partial charge in [-0.05, 0) is 6.92 Å². The Morgan fingerprint density at radius 1 is 1.26 bits per heavy atom. The molecule has 0 bridgehead atoms. The van der Waals surface area contributed by atoms with Crippen molar-refractivity contribution in [3.63, 3.8) is 0 Å². The van der Waals surface area contributed by atoms with Gasteiger partial charge in [0.05, 0.1) is 11.3 Å². The number of nitrogens with two attached hydrogens (primary N) is 1. The predicted octanol–water partition coefficient (Wildman–Crippen LogP) is 1.07. The molecule has 0 aliphatic carbocycles. The molecular formula is C12H18N6S. The van der Waals surface area contributed by atoms with Crippen LogP contribution in [0.1, 0.15) is 36.8 Å². The van der Waals surface area contributed by atoms with Gasteiger partial charge in [0.25, 0.3) is 0 Å². The number of thiocarbonyl (C=S) groups is 1. The van der Waals surface area contributed by atoms with Crippen LogP contribution in [0.15, 0.2) is 0 Å². The lowest BCUT2D eigenvalue weighted by Gasteiger charge is -2.07. The number of hydrogen-bond donors (Lipinski definition) is 1. The maximum absolute atomic E-state index is 5.81. The third-order valence-electron chi connectivity index (χ3n) is 2.99. The summed E-state index contributed by atoms with van der Waals surface area (Å²) in [5, 5.41) is 8.90. The van der Waals surface area contributed by atoms with E-state index in [2.05, 4.69) is 15.2 Å². The zero-order valence-corrected chi connectivity index (χ0v) is 12.5. The maximum Gasteiger partial charge on any atom is 0.164 e. The minimum atomic E-state index is 0.330. The Balaban J connectivity index is 2.71. The molecule has 102 valence electrons. The summed E-state index contributed by atoms with van der Waals surface area (Å²) in [6.07, 6.45) is 1.58. The molecular weight excluding hydrogens is 260 g/mol. The molecule has 0 saturated heterocycles. The van der Waals surface area contributed by atoms with Crippen LogP contribution < -0.4 is 5.73 Å². The van der Waals surface area contributed by atoms with Crippen molar-refractivity contribution in [2.45, 2.75) is 33.6 Å². The Hall–Kier alpha value is -1.76. The largest absolute Gasteiger partial charge is 0.389 e. The molecule has 2 rings (SSSR count). The Morgan fingerprint density at radius 2 is 1.95 bits per heavy atom. The molecule has 0 aliphatic rings. The van der Waals surface area contributed by atoms with Crippen LogP contribution in [0.3, 0.4) is 0 Å². The second-order valence-corrected chi connectivity index (χ2v) is 4.77. The molecule has 2 N–H and O–H groups in total. The molecule has 0 atom stereocenters. The summed E-state index contributed by atoms with van der Waals surface area (Å²) in [6, 6.07) is 0. The molecule has 0 amide bonds. The van der Waals surface area contributed by atoms with Crippen LogP contribution in [0, 0.1) is 6.92 Å². The van der Waals surface area contributed by atoms with Crippen molar-refractivity contribution in [3.05, 3.63) is 22.9 Å². The van der Waals surface area contributed by atoms with E-state index in [9.17, 15) is 0 Å². The number of hydrogen-bond acceptors (Lipinski definition) is 4. The number of rotatable bonds is 4. The molecule has 0 saturated carbocycles. The zero-order chi connectivity index (χ0) is 14.2. The number of nitrogens with zero attached hydrogens (tertiary/aromatic N) is 5. The van der Waals surface area contributed by atoms with Crippen molar-refractivity contribution in [1.29, 1.82) is 0 Å². The molecule has 0 aromatic carbocycles. The lowest BCUT2D eigenvalue weighted by atomic mass is 10.2. The van der Waals surface area contributed by atoms with Crippen molar-refractivity contribution in [1.82, 2.24) is 24.5 Å². The highest BCUT2D eigenvalue weighted by Gasteiger charge is 2.21. The molecule has 0 radical (unpaired) electrons. The molecule has 2 heterocycles. The van der Waals surface area contributed by atoms with Gasteiger partial charge in [0.1, 0.15) is 10.8 Å². The van der Waals surface area contributed by atoms with E-state index >= 15 is 0 Å². The Bertz CT molecular complexity index is 624.